The number of halogens is 3. The smallest absolute Gasteiger partial charge is 0.338 e. The van der Waals surface area contributed by atoms with Crippen molar-refractivity contribution in [2.45, 2.75) is 24.5 Å². The van der Waals surface area contributed by atoms with E-state index < -0.39 is 26.7 Å². The van der Waals surface area contributed by atoms with Crippen molar-refractivity contribution >= 4 is 10.0 Å². The van der Waals surface area contributed by atoms with Crippen LogP contribution in [0.25, 0.3) is 0 Å². The van der Waals surface area contributed by atoms with E-state index in [1.54, 1.807) is 6.92 Å². The predicted octanol–water partition coefficient (Wildman–Crippen LogP) is 1.88. The van der Waals surface area contributed by atoms with E-state index in [0.717, 1.165) is 18.2 Å². The molecule has 1 aromatic carbocycles. The Balaban J connectivity index is 2.19. The van der Waals surface area contributed by atoms with Gasteiger partial charge in [-0.1, -0.05) is 11.2 Å². The molecule has 0 amide bonds. The number of hydrogen-bond donors (Lipinski definition) is 1. The van der Waals surface area contributed by atoms with Gasteiger partial charge in [-0.15, -0.1) is 0 Å². The maximum atomic E-state index is 12.6. The van der Waals surface area contributed by atoms with Crippen LogP contribution in [0.2, 0.25) is 0 Å². The van der Waals surface area contributed by atoms with Crippen LogP contribution in [0.1, 0.15) is 17.3 Å². The Hall–Kier alpha value is -1.94. The molecule has 0 unspecified atom stereocenters. The van der Waals surface area contributed by atoms with Crippen molar-refractivity contribution in [2.75, 3.05) is 0 Å². The van der Waals surface area contributed by atoms with Crippen molar-refractivity contribution in [3.8, 4) is 0 Å². The quantitative estimate of drug-likeness (QED) is 0.929. The number of nitrogens with one attached hydrogen (secondary N) is 1. The minimum absolute atomic E-state index is 0.0167. The average Bonchev–Trinajstić information content (AvgIpc) is 2.82. The second kappa shape index (κ2) is 5.45. The number of benzene rings is 1. The van der Waals surface area contributed by atoms with Crippen LogP contribution in [-0.2, 0) is 22.7 Å². The van der Waals surface area contributed by atoms with Gasteiger partial charge in [0.05, 0.1) is 17.0 Å². The van der Waals surface area contributed by atoms with E-state index in [4.69, 9.17) is 4.52 Å². The summed E-state index contributed by atoms with van der Waals surface area (Å²) in [7, 11) is -4.11. The minimum atomic E-state index is -4.62. The highest BCUT2D eigenvalue weighted by Crippen LogP contribution is 2.30. The maximum Gasteiger partial charge on any atom is 0.416 e. The Kier molecular flexibility index (Phi) is 4.01. The van der Waals surface area contributed by atoms with Gasteiger partial charge in [-0.25, -0.2) is 13.1 Å². The Labute approximate surface area is 118 Å². The molecule has 21 heavy (non-hydrogen) atoms. The molecule has 0 bridgehead atoms. The third kappa shape index (κ3) is 3.79. The fraction of sp³-hybridized carbons (Fsp3) is 0.273. The zero-order valence-corrected chi connectivity index (χ0v) is 11.5. The Bertz CT molecular complexity index is 740. The monoisotopic (exact) mass is 321 g/mol. The van der Waals surface area contributed by atoms with Crippen molar-refractivity contribution in [3.05, 3.63) is 41.5 Å². The third-order valence-corrected chi connectivity index (χ3v) is 3.85. The number of hydrogen-bond acceptors (Lipinski definition) is 5. The van der Waals surface area contributed by atoms with Crippen molar-refractivity contribution in [2.24, 2.45) is 0 Å². The van der Waals surface area contributed by atoms with Crippen LogP contribution in [-0.4, -0.2) is 18.6 Å². The van der Waals surface area contributed by atoms with Crippen LogP contribution in [0.5, 0.6) is 0 Å². The highest BCUT2D eigenvalue weighted by atomic mass is 32.2. The molecular formula is C11H10F3N3O3S. The Morgan fingerprint density at radius 3 is 2.62 bits per heavy atom. The lowest BCUT2D eigenvalue weighted by Gasteiger charge is -2.09. The summed E-state index contributed by atoms with van der Waals surface area (Å²) in [6.45, 7) is 1.24. The van der Waals surface area contributed by atoms with Gasteiger partial charge in [-0.2, -0.15) is 18.2 Å². The highest BCUT2D eigenvalue weighted by Gasteiger charge is 2.31. The van der Waals surface area contributed by atoms with Crippen LogP contribution in [0.4, 0.5) is 13.2 Å². The average molecular weight is 321 g/mol. The third-order valence-electron chi connectivity index (χ3n) is 2.45. The van der Waals surface area contributed by atoms with Gasteiger partial charge in [0.1, 0.15) is 0 Å². The van der Waals surface area contributed by atoms with Gasteiger partial charge in [0.25, 0.3) is 0 Å². The molecule has 0 saturated heterocycles. The maximum absolute atomic E-state index is 12.6. The summed E-state index contributed by atoms with van der Waals surface area (Å²) < 4.78 is 68.3. The van der Waals surface area contributed by atoms with Crippen LogP contribution < -0.4 is 4.72 Å². The zero-order valence-electron chi connectivity index (χ0n) is 10.7. The predicted molar refractivity (Wildman–Crippen MR) is 64.5 cm³/mol. The van der Waals surface area contributed by atoms with Crippen molar-refractivity contribution in [3.63, 3.8) is 0 Å². The standard InChI is InChI=1S/C11H10F3N3O3S/c1-7-16-10(20-17-7)6-15-21(18,19)9-4-2-3-8(5-9)11(12,13)14/h2-5,15H,6H2,1H3. The molecule has 0 saturated carbocycles. The van der Waals surface area contributed by atoms with E-state index in [-0.39, 0.29) is 12.4 Å². The molecule has 1 heterocycles. The summed E-state index contributed by atoms with van der Waals surface area (Å²) in [5.74, 6) is 0.339. The number of aromatic nitrogens is 2. The topological polar surface area (TPSA) is 85.1 Å². The number of rotatable bonds is 4. The van der Waals surface area contributed by atoms with Crippen LogP contribution in [0, 0.1) is 6.92 Å². The number of nitrogens with zero attached hydrogens (tertiary/aromatic N) is 2. The first-order valence-corrected chi connectivity index (χ1v) is 7.13. The fourth-order valence-corrected chi connectivity index (χ4v) is 2.51. The molecule has 10 heteroatoms. The fourth-order valence-electron chi connectivity index (χ4n) is 1.49. The molecule has 0 spiro atoms. The molecule has 0 aliphatic carbocycles. The van der Waals surface area contributed by atoms with Gasteiger partial charge in [-0.05, 0) is 25.1 Å². The first kappa shape index (κ1) is 15.4. The molecule has 6 nitrogen and oxygen atoms in total. The lowest BCUT2D eigenvalue weighted by atomic mass is 10.2. The molecule has 2 rings (SSSR count). The van der Waals surface area contributed by atoms with Crippen LogP contribution >= 0.6 is 0 Å². The van der Waals surface area contributed by atoms with Gasteiger partial charge in [0.2, 0.25) is 15.9 Å². The number of aryl methyl sites for hydroxylation is 1. The molecule has 0 fully saturated rings. The zero-order chi connectivity index (χ0) is 15.7. The summed E-state index contributed by atoms with van der Waals surface area (Å²) in [5.41, 5.74) is -1.04. The molecule has 0 aliphatic heterocycles. The van der Waals surface area contributed by atoms with E-state index in [1.165, 1.54) is 0 Å². The van der Waals surface area contributed by atoms with Gasteiger partial charge >= 0.3 is 6.18 Å². The molecule has 1 N–H and O–H groups in total. The van der Waals surface area contributed by atoms with Gasteiger partial charge in [0, 0.05) is 0 Å². The molecule has 1 aromatic heterocycles. The second-order valence-electron chi connectivity index (χ2n) is 4.09. The van der Waals surface area contributed by atoms with E-state index in [2.05, 4.69) is 14.9 Å². The largest absolute Gasteiger partial charge is 0.416 e. The van der Waals surface area contributed by atoms with Crippen molar-refractivity contribution in [1.29, 1.82) is 0 Å². The van der Waals surface area contributed by atoms with E-state index >= 15 is 0 Å². The van der Waals surface area contributed by atoms with Crippen LogP contribution in [0.15, 0.2) is 33.7 Å². The van der Waals surface area contributed by atoms with Crippen molar-refractivity contribution in [1.82, 2.24) is 14.9 Å². The molecule has 0 aliphatic rings. The van der Waals surface area contributed by atoms with Crippen LogP contribution in [0.3, 0.4) is 0 Å². The molecular weight excluding hydrogens is 311 g/mol. The minimum Gasteiger partial charge on any atom is -0.338 e. The van der Waals surface area contributed by atoms with E-state index in [0.29, 0.717) is 11.9 Å². The summed E-state index contributed by atoms with van der Waals surface area (Å²) in [6.07, 6.45) is -4.62. The Morgan fingerprint density at radius 1 is 1.33 bits per heavy atom. The first-order chi connectivity index (χ1) is 9.68. The summed E-state index contributed by atoms with van der Waals surface area (Å²) in [4.78, 5) is 3.29. The number of alkyl halides is 3. The Morgan fingerprint density at radius 2 is 2.05 bits per heavy atom. The lowest BCUT2D eigenvalue weighted by Crippen LogP contribution is -2.23. The van der Waals surface area contributed by atoms with Gasteiger partial charge < -0.3 is 4.52 Å². The van der Waals surface area contributed by atoms with Crippen molar-refractivity contribution < 1.29 is 26.1 Å². The van der Waals surface area contributed by atoms with Gasteiger partial charge in [0.15, 0.2) is 5.82 Å². The summed E-state index contributed by atoms with van der Waals surface area (Å²) in [5, 5.41) is 3.47. The summed E-state index contributed by atoms with van der Waals surface area (Å²) in [6, 6.07) is 3.44. The van der Waals surface area contributed by atoms with E-state index in [9.17, 15) is 21.6 Å². The van der Waals surface area contributed by atoms with Gasteiger partial charge in [-0.3, -0.25) is 0 Å². The van der Waals surface area contributed by atoms with E-state index in [1.807, 2.05) is 0 Å². The lowest BCUT2D eigenvalue weighted by molar-refractivity contribution is -0.137. The number of sulfonamides is 1. The first-order valence-electron chi connectivity index (χ1n) is 5.64. The second-order valence-corrected chi connectivity index (χ2v) is 5.85. The molecule has 114 valence electrons. The molecule has 0 radical (unpaired) electrons. The molecule has 2 aromatic rings. The normalized spacial score (nSPS) is 12.6. The SMILES string of the molecule is Cc1noc(CNS(=O)(=O)c2cccc(C(F)(F)F)c2)n1. The molecule has 0 atom stereocenters. The highest BCUT2D eigenvalue weighted by molar-refractivity contribution is 7.89. The summed E-state index contributed by atoms with van der Waals surface area (Å²) >= 11 is 0.